The number of aryl methyl sites for hydroxylation is 1. The number of carbonyl (C=O) groups excluding carboxylic acids is 2. The van der Waals surface area contributed by atoms with Gasteiger partial charge in [0.25, 0.3) is 0 Å². The highest BCUT2D eigenvalue weighted by molar-refractivity contribution is 14.1. The Morgan fingerprint density at radius 1 is 1.06 bits per heavy atom. The maximum atomic E-state index is 13.3. The molecule has 0 aromatic heterocycles. The number of hydrogen-bond acceptors (Lipinski definition) is 4. The molecule has 2 aromatic carbocycles. The summed E-state index contributed by atoms with van der Waals surface area (Å²) in [5.74, 6) is -0.744. The lowest BCUT2D eigenvalue weighted by atomic mass is 10.1. The van der Waals surface area contributed by atoms with Gasteiger partial charge in [-0.15, -0.1) is 0 Å². The van der Waals surface area contributed by atoms with E-state index in [0.717, 1.165) is 25.3 Å². The van der Waals surface area contributed by atoms with Crippen molar-refractivity contribution in [3.63, 3.8) is 0 Å². The molecule has 0 saturated carbocycles. The molecule has 2 aromatic rings. The summed E-state index contributed by atoms with van der Waals surface area (Å²) in [6, 6.07) is 13.8. The Hall–Kier alpha value is -2.14. The Morgan fingerprint density at radius 2 is 1.65 bits per heavy atom. The molecule has 2 amide bonds. The summed E-state index contributed by atoms with van der Waals surface area (Å²) in [7, 11) is -3.71. The first-order valence-corrected chi connectivity index (χ1v) is 12.8. The maximum absolute atomic E-state index is 13.3. The normalized spacial score (nSPS) is 12.2. The van der Waals surface area contributed by atoms with Crippen LogP contribution < -0.4 is 9.62 Å². The van der Waals surface area contributed by atoms with Crippen LogP contribution in [0.4, 0.5) is 5.69 Å². The first-order valence-electron chi connectivity index (χ1n) is 9.89. The van der Waals surface area contributed by atoms with Crippen LogP contribution in [-0.2, 0) is 26.2 Å². The quantitative estimate of drug-likeness (QED) is 0.481. The molecule has 0 aliphatic heterocycles. The predicted molar refractivity (Wildman–Crippen MR) is 131 cm³/mol. The molecule has 1 atom stereocenters. The third-order valence-electron chi connectivity index (χ3n) is 4.79. The Morgan fingerprint density at radius 3 is 2.16 bits per heavy atom. The average molecular weight is 557 g/mol. The van der Waals surface area contributed by atoms with Crippen molar-refractivity contribution in [3.05, 3.63) is 63.2 Å². The molecular weight excluding hydrogens is 529 g/mol. The van der Waals surface area contributed by atoms with E-state index in [0.29, 0.717) is 12.2 Å². The molecule has 1 N–H and O–H groups in total. The van der Waals surface area contributed by atoms with Crippen LogP contribution >= 0.6 is 22.6 Å². The number of benzene rings is 2. The third kappa shape index (κ3) is 7.20. The number of halogens is 1. The number of likely N-dealkylation sites (N-methyl/N-ethyl adjacent to an activating group) is 1. The van der Waals surface area contributed by atoms with Crippen LogP contribution in [0.1, 0.15) is 25.0 Å². The highest BCUT2D eigenvalue weighted by Gasteiger charge is 2.29. The molecule has 31 heavy (non-hydrogen) atoms. The van der Waals surface area contributed by atoms with Crippen molar-refractivity contribution in [1.82, 2.24) is 10.2 Å². The molecule has 0 radical (unpaired) electrons. The fourth-order valence-corrected chi connectivity index (χ4v) is 4.23. The monoisotopic (exact) mass is 557 g/mol. The molecule has 0 aliphatic carbocycles. The van der Waals surface area contributed by atoms with Gasteiger partial charge in [-0.2, -0.15) is 0 Å². The van der Waals surface area contributed by atoms with Crippen LogP contribution in [-0.4, -0.2) is 50.5 Å². The lowest BCUT2D eigenvalue weighted by molar-refractivity contribution is -0.139. The van der Waals surface area contributed by atoms with Crippen LogP contribution in [0.25, 0.3) is 0 Å². The molecule has 0 bridgehead atoms. The van der Waals surface area contributed by atoms with Gasteiger partial charge in [0, 0.05) is 16.7 Å². The summed E-state index contributed by atoms with van der Waals surface area (Å²) in [6.07, 6.45) is 1.07. The van der Waals surface area contributed by atoms with Crippen LogP contribution in [0.5, 0.6) is 0 Å². The predicted octanol–water partition coefficient (Wildman–Crippen LogP) is 2.92. The van der Waals surface area contributed by atoms with Crippen molar-refractivity contribution in [2.75, 3.05) is 23.7 Å². The Labute approximate surface area is 198 Å². The van der Waals surface area contributed by atoms with Crippen LogP contribution in [0.2, 0.25) is 0 Å². The molecule has 0 saturated heterocycles. The van der Waals surface area contributed by atoms with Gasteiger partial charge < -0.3 is 10.2 Å². The van der Waals surface area contributed by atoms with Crippen LogP contribution in [0, 0.1) is 10.5 Å². The van der Waals surface area contributed by atoms with Gasteiger partial charge in [0.15, 0.2) is 0 Å². The molecular formula is C22H28IN3O4S. The SMILES string of the molecule is CCNC(=O)[C@H](C)N(Cc1ccc(C)cc1)C(=O)CN(c1ccc(I)cc1)S(C)(=O)=O. The van der Waals surface area contributed by atoms with Crippen LogP contribution in [0.3, 0.4) is 0 Å². The second kappa shape index (κ2) is 10.9. The number of amides is 2. The minimum Gasteiger partial charge on any atom is -0.355 e. The maximum Gasteiger partial charge on any atom is 0.244 e. The summed E-state index contributed by atoms with van der Waals surface area (Å²) >= 11 is 2.13. The van der Waals surface area contributed by atoms with E-state index < -0.39 is 28.5 Å². The van der Waals surface area contributed by atoms with Crippen molar-refractivity contribution in [2.45, 2.75) is 33.4 Å². The molecule has 0 aliphatic rings. The topological polar surface area (TPSA) is 86.8 Å². The second-order valence-electron chi connectivity index (χ2n) is 7.32. The Bertz CT molecular complexity index is 1010. The van der Waals surface area contributed by atoms with Gasteiger partial charge in [0.05, 0.1) is 11.9 Å². The number of rotatable bonds is 9. The van der Waals surface area contributed by atoms with Gasteiger partial charge in [-0.05, 0) is 73.2 Å². The molecule has 0 fully saturated rings. The summed E-state index contributed by atoms with van der Waals surface area (Å²) in [5.41, 5.74) is 2.34. The zero-order chi connectivity index (χ0) is 23.2. The highest BCUT2D eigenvalue weighted by atomic mass is 127. The summed E-state index contributed by atoms with van der Waals surface area (Å²) in [5, 5.41) is 2.73. The number of nitrogens with one attached hydrogen (secondary N) is 1. The zero-order valence-corrected chi connectivity index (χ0v) is 21.1. The highest BCUT2D eigenvalue weighted by Crippen LogP contribution is 2.20. The van der Waals surface area contributed by atoms with Crippen molar-refractivity contribution >= 4 is 50.1 Å². The van der Waals surface area contributed by atoms with Gasteiger partial charge in [0.2, 0.25) is 21.8 Å². The van der Waals surface area contributed by atoms with Crippen molar-refractivity contribution in [2.24, 2.45) is 0 Å². The summed E-state index contributed by atoms with van der Waals surface area (Å²) in [4.78, 5) is 27.2. The van der Waals surface area contributed by atoms with Gasteiger partial charge in [0.1, 0.15) is 12.6 Å². The number of anilines is 1. The van der Waals surface area contributed by atoms with Gasteiger partial charge in [-0.3, -0.25) is 13.9 Å². The number of carbonyl (C=O) groups is 2. The molecule has 0 unspecified atom stereocenters. The smallest absolute Gasteiger partial charge is 0.244 e. The van der Waals surface area contributed by atoms with Crippen molar-refractivity contribution in [1.29, 1.82) is 0 Å². The van der Waals surface area contributed by atoms with E-state index in [2.05, 4.69) is 27.9 Å². The van der Waals surface area contributed by atoms with E-state index in [4.69, 9.17) is 0 Å². The van der Waals surface area contributed by atoms with E-state index in [9.17, 15) is 18.0 Å². The lowest BCUT2D eigenvalue weighted by Gasteiger charge is -2.31. The van der Waals surface area contributed by atoms with Gasteiger partial charge in [-0.1, -0.05) is 29.8 Å². The molecule has 0 heterocycles. The number of nitrogens with zero attached hydrogens (tertiary/aromatic N) is 2. The number of sulfonamides is 1. The van der Waals surface area contributed by atoms with E-state index in [1.165, 1.54) is 4.90 Å². The standard InChI is InChI=1S/C22H28IN3O4S/c1-5-24-22(28)17(3)25(14-18-8-6-16(2)7-9-18)21(27)15-26(31(4,29)30)20-12-10-19(23)11-13-20/h6-13,17H,5,14-15H2,1-4H3,(H,24,28)/t17-/m0/s1. The van der Waals surface area contributed by atoms with Crippen molar-refractivity contribution in [3.8, 4) is 0 Å². The first-order chi connectivity index (χ1) is 14.5. The first kappa shape index (κ1) is 25.1. The largest absolute Gasteiger partial charge is 0.355 e. The minimum atomic E-state index is -3.71. The molecule has 0 spiro atoms. The second-order valence-corrected chi connectivity index (χ2v) is 10.5. The summed E-state index contributed by atoms with van der Waals surface area (Å²) in [6.45, 7) is 5.66. The fraction of sp³-hybridized carbons (Fsp3) is 0.364. The summed E-state index contributed by atoms with van der Waals surface area (Å²) < 4.78 is 26.9. The van der Waals surface area contributed by atoms with E-state index in [1.54, 1.807) is 38.1 Å². The molecule has 7 nitrogen and oxygen atoms in total. The van der Waals surface area contributed by atoms with E-state index >= 15 is 0 Å². The molecule has 168 valence electrons. The van der Waals surface area contributed by atoms with Gasteiger partial charge >= 0.3 is 0 Å². The average Bonchev–Trinajstić information content (AvgIpc) is 2.71. The minimum absolute atomic E-state index is 0.196. The molecule has 2 rings (SSSR count). The Kier molecular flexibility index (Phi) is 8.87. The lowest BCUT2D eigenvalue weighted by Crippen LogP contribution is -2.51. The fourth-order valence-electron chi connectivity index (χ4n) is 3.02. The third-order valence-corrected chi connectivity index (χ3v) is 6.65. The number of hydrogen-bond donors (Lipinski definition) is 1. The van der Waals surface area contributed by atoms with Crippen LogP contribution in [0.15, 0.2) is 48.5 Å². The van der Waals surface area contributed by atoms with Gasteiger partial charge in [-0.25, -0.2) is 8.42 Å². The van der Waals surface area contributed by atoms with E-state index in [1.807, 2.05) is 31.2 Å². The zero-order valence-electron chi connectivity index (χ0n) is 18.1. The molecule has 9 heteroatoms. The Balaban J connectivity index is 2.35. The van der Waals surface area contributed by atoms with E-state index in [-0.39, 0.29) is 12.5 Å². The van der Waals surface area contributed by atoms with Crippen molar-refractivity contribution < 1.29 is 18.0 Å².